The van der Waals surface area contributed by atoms with Crippen molar-refractivity contribution in [2.24, 2.45) is 7.05 Å². The van der Waals surface area contributed by atoms with Crippen molar-refractivity contribution >= 4 is 28.4 Å². The van der Waals surface area contributed by atoms with Crippen LogP contribution in [0.5, 0.6) is 5.75 Å². The molecule has 0 saturated heterocycles. The highest BCUT2D eigenvalue weighted by atomic mass is 16.5. The average Bonchev–Trinajstić information content (AvgIpc) is 2.69. The molecule has 1 amide bonds. The summed E-state index contributed by atoms with van der Waals surface area (Å²) in [6, 6.07) is 7.81. The van der Waals surface area contributed by atoms with E-state index in [2.05, 4.69) is 10.3 Å². The van der Waals surface area contributed by atoms with Gasteiger partial charge in [-0.15, -0.1) is 0 Å². The Kier molecular flexibility index (Phi) is 5.08. The lowest BCUT2D eigenvalue weighted by Gasteiger charge is -2.12. The van der Waals surface area contributed by atoms with Gasteiger partial charge in [-0.2, -0.15) is 0 Å². The number of anilines is 1. The maximum absolute atomic E-state index is 12.8. The largest absolute Gasteiger partial charge is 0.496 e. The molecule has 0 aliphatic heterocycles. The van der Waals surface area contributed by atoms with Crippen LogP contribution in [0.15, 0.2) is 46.1 Å². The Hall–Kier alpha value is -3.75. The lowest BCUT2D eigenvalue weighted by Crippen LogP contribution is -2.42. The molecule has 1 aromatic carbocycles. The number of ketones is 1. The number of Topliss-reactive ketones (excluding diaryl/α,β-unsaturated/α-hetero) is 1. The van der Waals surface area contributed by atoms with Crippen LogP contribution in [-0.2, 0) is 18.4 Å². The predicted octanol–water partition coefficient (Wildman–Crippen LogP) is 0.945. The van der Waals surface area contributed by atoms with E-state index in [4.69, 9.17) is 4.74 Å². The molecule has 1 N–H and O–H groups in total. The second-order valence-corrected chi connectivity index (χ2v) is 6.13. The minimum Gasteiger partial charge on any atom is -0.496 e. The van der Waals surface area contributed by atoms with E-state index in [0.29, 0.717) is 11.3 Å². The van der Waals surface area contributed by atoms with Crippen molar-refractivity contribution in [2.75, 3.05) is 12.4 Å². The Morgan fingerprint density at radius 3 is 2.43 bits per heavy atom. The molecule has 3 aromatic rings. The molecular formula is C19H18N4O5. The quantitative estimate of drug-likeness (QED) is 0.658. The van der Waals surface area contributed by atoms with Crippen LogP contribution in [0.25, 0.3) is 11.0 Å². The van der Waals surface area contributed by atoms with Gasteiger partial charge in [0, 0.05) is 24.5 Å². The summed E-state index contributed by atoms with van der Waals surface area (Å²) >= 11 is 0. The van der Waals surface area contributed by atoms with Gasteiger partial charge in [-0.25, -0.2) is 14.3 Å². The molecule has 0 aliphatic rings. The van der Waals surface area contributed by atoms with Crippen LogP contribution in [0.2, 0.25) is 0 Å². The maximum atomic E-state index is 12.8. The second kappa shape index (κ2) is 7.47. The maximum Gasteiger partial charge on any atom is 0.332 e. The Bertz CT molecular complexity index is 1190. The number of pyridine rings is 1. The van der Waals surface area contributed by atoms with Crippen LogP contribution >= 0.6 is 0 Å². The lowest BCUT2D eigenvalue weighted by atomic mass is 10.1. The van der Waals surface area contributed by atoms with Gasteiger partial charge in [0.05, 0.1) is 7.11 Å². The average molecular weight is 382 g/mol. The van der Waals surface area contributed by atoms with Crippen molar-refractivity contribution in [3.8, 4) is 5.75 Å². The van der Waals surface area contributed by atoms with Crippen molar-refractivity contribution in [1.82, 2.24) is 14.1 Å². The highest BCUT2D eigenvalue weighted by Crippen LogP contribution is 2.18. The molecule has 0 unspecified atom stereocenters. The summed E-state index contributed by atoms with van der Waals surface area (Å²) in [5.74, 6) is -0.386. The number of nitrogens with one attached hydrogen (secondary N) is 1. The number of ether oxygens (including phenoxy) is 1. The van der Waals surface area contributed by atoms with Crippen LogP contribution in [0.1, 0.15) is 17.3 Å². The third-order valence-corrected chi connectivity index (χ3v) is 4.28. The van der Waals surface area contributed by atoms with E-state index in [1.807, 2.05) is 0 Å². The third kappa shape index (κ3) is 3.41. The number of aromatic nitrogens is 3. The van der Waals surface area contributed by atoms with E-state index in [0.717, 1.165) is 4.57 Å². The normalized spacial score (nSPS) is 10.7. The van der Waals surface area contributed by atoms with Gasteiger partial charge in [-0.05, 0) is 37.3 Å². The number of carbonyl (C=O) groups is 2. The first-order valence-corrected chi connectivity index (χ1v) is 8.37. The number of rotatable bonds is 5. The summed E-state index contributed by atoms with van der Waals surface area (Å²) in [5.41, 5.74) is -0.201. The van der Waals surface area contributed by atoms with E-state index >= 15 is 0 Å². The number of aryl methyl sites for hydroxylation is 1. The molecule has 0 aliphatic carbocycles. The minimum atomic E-state index is -0.666. The zero-order valence-corrected chi connectivity index (χ0v) is 15.6. The van der Waals surface area contributed by atoms with E-state index in [1.54, 1.807) is 24.3 Å². The van der Waals surface area contributed by atoms with Gasteiger partial charge < -0.3 is 10.1 Å². The van der Waals surface area contributed by atoms with Crippen LogP contribution in [-0.4, -0.2) is 32.9 Å². The van der Waals surface area contributed by atoms with Crippen molar-refractivity contribution < 1.29 is 14.3 Å². The molecule has 0 spiro atoms. The first kappa shape index (κ1) is 19.0. The summed E-state index contributed by atoms with van der Waals surface area (Å²) in [6.45, 7) is 0.965. The number of amides is 1. The third-order valence-electron chi connectivity index (χ3n) is 4.28. The number of hydrogen-bond donors (Lipinski definition) is 1. The molecule has 3 rings (SSSR count). The van der Waals surface area contributed by atoms with Crippen LogP contribution in [0.4, 0.5) is 5.69 Å². The van der Waals surface area contributed by atoms with Crippen LogP contribution < -0.4 is 21.3 Å². The fraction of sp³-hybridized carbons (Fsp3) is 0.211. The Balaban J connectivity index is 1.95. The number of fused-ring (bicyclic) bond motifs is 1. The van der Waals surface area contributed by atoms with E-state index < -0.39 is 23.7 Å². The molecule has 144 valence electrons. The summed E-state index contributed by atoms with van der Waals surface area (Å²) in [5, 5.41) is 2.72. The Morgan fingerprint density at radius 1 is 1.14 bits per heavy atom. The fourth-order valence-corrected chi connectivity index (χ4v) is 2.82. The molecule has 9 nitrogen and oxygen atoms in total. The van der Waals surface area contributed by atoms with Crippen molar-refractivity contribution in [3.63, 3.8) is 0 Å². The van der Waals surface area contributed by atoms with Gasteiger partial charge in [-0.1, -0.05) is 0 Å². The Morgan fingerprint density at radius 2 is 1.82 bits per heavy atom. The number of hydrogen-bond acceptors (Lipinski definition) is 6. The van der Waals surface area contributed by atoms with Gasteiger partial charge >= 0.3 is 5.69 Å². The number of nitrogens with zero attached hydrogens (tertiary/aromatic N) is 3. The van der Waals surface area contributed by atoms with Crippen molar-refractivity contribution in [3.05, 3.63) is 62.9 Å². The summed E-state index contributed by atoms with van der Waals surface area (Å²) < 4.78 is 7.21. The number of methoxy groups -OCH3 is 1. The first-order chi connectivity index (χ1) is 13.3. The highest BCUT2D eigenvalue weighted by molar-refractivity contribution is 5.95. The topological polar surface area (TPSA) is 112 Å². The summed E-state index contributed by atoms with van der Waals surface area (Å²) in [4.78, 5) is 53.1. The van der Waals surface area contributed by atoms with Gasteiger partial charge in [0.1, 0.15) is 17.7 Å². The van der Waals surface area contributed by atoms with Gasteiger partial charge in [0.15, 0.2) is 11.4 Å². The number of carbonyl (C=O) groups excluding carboxylic acids is 2. The second-order valence-electron chi connectivity index (χ2n) is 6.13. The van der Waals surface area contributed by atoms with Crippen LogP contribution in [0.3, 0.4) is 0 Å². The SMILES string of the molecule is COc1ccnc2c1c(=O)n(CC(=O)Nc1ccc(C(C)=O)cc1)c(=O)n2C. The van der Waals surface area contributed by atoms with E-state index in [9.17, 15) is 19.2 Å². The molecule has 0 fully saturated rings. The molecule has 0 bridgehead atoms. The first-order valence-electron chi connectivity index (χ1n) is 8.37. The molecular weight excluding hydrogens is 364 g/mol. The standard InChI is InChI=1S/C19H18N4O5/c1-11(24)12-4-6-13(7-5-12)21-15(25)10-23-18(26)16-14(28-3)8-9-20-17(16)22(2)19(23)27/h4-9H,10H2,1-3H3,(H,21,25). The molecule has 0 radical (unpaired) electrons. The van der Waals surface area contributed by atoms with Gasteiger partial charge in [0.25, 0.3) is 5.56 Å². The van der Waals surface area contributed by atoms with Gasteiger partial charge in [-0.3, -0.25) is 19.0 Å². The summed E-state index contributed by atoms with van der Waals surface area (Å²) in [6.07, 6.45) is 1.43. The fourth-order valence-electron chi connectivity index (χ4n) is 2.82. The number of benzene rings is 1. The minimum absolute atomic E-state index is 0.0911. The molecule has 0 atom stereocenters. The molecule has 28 heavy (non-hydrogen) atoms. The Labute approximate surface area is 159 Å². The van der Waals surface area contributed by atoms with Crippen molar-refractivity contribution in [1.29, 1.82) is 0 Å². The highest BCUT2D eigenvalue weighted by Gasteiger charge is 2.17. The zero-order valence-electron chi connectivity index (χ0n) is 15.6. The van der Waals surface area contributed by atoms with Crippen molar-refractivity contribution in [2.45, 2.75) is 13.5 Å². The molecule has 9 heteroatoms. The zero-order chi connectivity index (χ0) is 20.4. The van der Waals surface area contributed by atoms with Crippen LogP contribution in [0, 0.1) is 0 Å². The lowest BCUT2D eigenvalue weighted by molar-refractivity contribution is -0.116. The monoisotopic (exact) mass is 382 g/mol. The summed E-state index contributed by atoms with van der Waals surface area (Å²) in [7, 11) is 2.87. The molecule has 0 saturated carbocycles. The predicted molar refractivity (Wildman–Crippen MR) is 103 cm³/mol. The van der Waals surface area contributed by atoms with Gasteiger partial charge in [0.2, 0.25) is 5.91 Å². The molecule has 2 aromatic heterocycles. The van der Waals surface area contributed by atoms with E-state index in [1.165, 1.54) is 37.9 Å². The van der Waals surface area contributed by atoms with E-state index in [-0.39, 0.29) is 22.6 Å². The smallest absolute Gasteiger partial charge is 0.332 e. The molecule has 2 heterocycles.